The molecule has 0 amide bonds. The van der Waals surface area contributed by atoms with E-state index >= 15 is 0 Å². The highest BCUT2D eigenvalue weighted by Crippen LogP contribution is 2.22. The molecule has 0 aromatic carbocycles. The molecule has 1 atom stereocenters. The fourth-order valence-corrected chi connectivity index (χ4v) is 4.19. The summed E-state index contributed by atoms with van der Waals surface area (Å²) in [6, 6.07) is 3.16. The van der Waals surface area contributed by atoms with Crippen LogP contribution in [0.25, 0.3) is 0 Å². The molecule has 0 aliphatic carbocycles. The maximum absolute atomic E-state index is 11.7. The van der Waals surface area contributed by atoms with Crippen molar-refractivity contribution in [3.05, 3.63) is 21.3 Å². The zero-order chi connectivity index (χ0) is 13.1. The predicted molar refractivity (Wildman–Crippen MR) is 71.8 cm³/mol. The van der Waals surface area contributed by atoms with Crippen molar-refractivity contribution >= 4 is 38.6 Å². The van der Waals surface area contributed by atoms with Gasteiger partial charge in [0.2, 0.25) is 0 Å². The number of ketones is 1. The fraction of sp³-hybridized carbons (Fsp3) is 0.545. The van der Waals surface area contributed by atoms with E-state index in [2.05, 4.69) is 0 Å². The highest BCUT2D eigenvalue weighted by atomic mass is 35.5. The van der Waals surface area contributed by atoms with Crippen LogP contribution in [-0.4, -0.2) is 25.7 Å². The summed E-state index contributed by atoms with van der Waals surface area (Å²) in [5, 5.41) is 0. The van der Waals surface area contributed by atoms with E-state index in [-0.39, 0.29) is 17.5 Å². The molecular formula is C11H15ClO3S2. The van der Waals surface area contributed by atoms with Gasteiger partial charge in [0.15, 0.2) is 15.6 Å². The number of Topliss-reactive ketones (excluding diaryl/α,β-unsaturated/α-hetero) is 1. The van der Waals surface area contributed by atoms with E-state index in [9.17, 15) is 13.2 Å². The number of thiophene rings is 1. The van der Waals surface area contributed by atoms with Crippen molar-refractivity contribution in [2.24, 2.45) is 5.92 Å². The molecule has 0 radical (unpaired) electrons. The Bertz CT molecular complexity index is 491. The maximum Gasteiger partial charge on any atom is 0.187 e. The average molecular weight is 295 g/mol. The van der Waals surface area contributed by atoms with Gasteiger partial charge in [0.05, 0.1) is 15.0 Å². The minimum Gasteiger partial charge on any atom is -0.292 e. The molecule has 0 saturated heterocycles. The Balaban J connectivity index is 2.68. The first-order valence-corrected chi connectivity index (χ1v) is 8.34. The third kappa shape index (κ3) is 4.77. The zero-order valence-corrected chi connectivity index (χ0v) is 12.2. The van der Waals surface area contributed by atoms with Gasteiger partial charge in [0.1, 0.15) is 5.75 Å². The molecule has 1 rings (SSSR count). The molecule has 1 unspecified atom stereocenters. The monoisotopic (exact) mass is 294 g/mol. The van der Waals surface area contributed by atoms with Crippen molar-refractivity contribution in [3.8, 4) is 0 Å². The summed E-state index contributed by atoms with van der Waals surface area (Å²) in [4.78, 5) is 12.1. The zero-order valence-electron chi connectivity index (χ0n) is 9.77. The van der Waals surface area contributed by atoms with Gasteiger partial charge in [-0.25, -0.2) is 8.42 Å². The first-order chi connectivity index (χ1) is 7.84. The van der Waals surface area contributed by atoms with Crippen LogP contribution in [0.2, 0.25) is 4.34 Å². The largest absolute Gasteiger partial charge is 0.292 e. The molecule has 1 aromatic heterocycles. The van der Waals surface area contributed by atoms with Crippen LogP contribution in [0.5, 0.6) is 0 Å². The van der Waals surface area contributed by atoms with Gasteiger partial charge in [-0.15, -0.1) is 11.3 Å². The third-order valence-electron chi connectivity index (χ3n) is 2.43. The number of hydrogen-bond acceptors (Lipinski definition) is 4. The summed E-state index contributed by atoms with van der Waals surface area (Å²) in [7, 11) is -3.32. The summed E-state index contributed by atoms with van der Waals surface area (Å²) < 4.78 is 24.0. The Hall–Kier alpha value is -0.390. The predicted octanol–water partition coefficient (Wildman–Crippen LogP) is 3.05. The quantitative estimate of drug-likeness (QED) is 0.758. The van der Waals surface area contributed by atoms with Crippen molar-refractivity contribution in [3.63, 3.8) is 0 Å². The molecule has 0 spiro atoms. The molecule has 0 aliphatic heterocycles. The molecule has 6 heteroatoms. The van der Waals surface area contributed by atoms with Crippen LogP contribution in [0.15, 0.2) is 12.1 Å². The molecule has 0 aliphatic rings. The standard InChI is InChI=1S/C11H15ClO3S2/c1-3-8(2)6-17(14,15)7-9(13)10-4-5-11(12)16-10/h4-5,8H,3,6-7H2,1-2H3. The van der Waals surface area contributed by atoms with Gasteiger partial charge in [-0.1, -0.05) is 31.9 Å². The average Bonchev–Trinajstić information content (AvgIpc) is 2.63. The molecule has 96 valence electrons. The second-order valence-corrected chi connectivity index (χ2v) is 7.92. The van der Waals surface area contributed by atoms with Gasteiger partial charge >= 0.3 is 0 Å². The van der Waals surface area contributed by atoms with E-state index in [1.165, 1.54) is 0 Å². The summed E-state index contributed by atoms with van der Waals surface area (Å²) in [5.41, 5.74) is 0. The smallest absolute Gasteiger partial charge is 0.187 e. The molecule has 0 fully saturated rings. The lowest BCUT2D eigenvalue weighted by Gasteiger charge is -2.08. The SMILES string of the molecule is CCC(C)CS(=O)(=O)CC(=O)c1ccc(Cl)s1. The molecular weight excluding hydrogens is 280 g/mol. The van der Waals surface area contributed by atoms with Crippen molar-refractivity contribution in [1.82, 2.24) is 0 Å². The Morgan fingerprint density at radius 2 is 2.12 bits per heavy atom. The van der Waals surface area contributed by atoms with E-state index < -0.39 is 15.6 Å². The number of halogens is 1. The highest BCUT2D eigenvalue weighted by molar-refractivity contribution is 7.92. The Morgan fingerprint density at radius 1 is 1.47 bits per heavy atom. The molecule has 0 saturated carbocycles. The second kappa shape index (κ2) is 5.98. The van der Waals surface area contributed by atoms with E-state index in [1.807, 2.05) is 13.8 Å². The van der Waals surface area contributed by atoms with E-state index in [1.54, 1.807) is 12.1 Å². The second-order valence-electron chi connectivity index (χ2n) is 4.09. The van der Waals surface area contributed by atoms with Crippen LogP contribution in [0.4, 0.5) is 0 Å². The number of sulfone groups is 1. The molecule has 0 N–H and O–H groups in total. The maximum atomic E-state index is 11.7. The van der Waals surface area contributed by atoms with Crippen LogP contribution in [0, 0.1) is 5.92 Å². The van der Waals surface area contributed by atoms with Gasteiger partial charge in [-0.2, -0.15) is 0 Å². The number of rotatable bonds is 6. The molecule has 1 heterocycles. The summed E-state index contributed by atoms with van der Waals surface area (Å²) in [6.07, 6.45) is 0.790. The van der Waals surface area contributed by atoms with Crippen molar-refractivity contribution in [2.75, 3.05) is 11.5 Å². The number of carbonyl (C=O) groups is 1. The van der Waals surface area contributed by atoms with Crippen LogP contribution in [-0.2, 0) is 9.84 Å². The van der Waals surface area contributed by atoms with Crippen LogP contribution < -0.4 is 0 Å². The van der Waals surface area contributed by atoms with Gasteiger partial charge in [-0.05, 0) is 18.1 Å². The van der Waals surface area contributed by atoms with Crippen molar-refractivity contribution in [2.45, 2.75) is 20.3 Å². The number of hydrogen-bond donors (Lipinski definition) is 0. The van der Waals surface area contributed by atoms with E-state index in [0.29, 0.717) is 9.21 Å². The summed E-state index contributed by atoms with van der Waals surface area (Å²) >= 11 is 6.81. The first-order valence-electron chi connectivity index (χ1n) is 5.33. The molecule has 0 bridgehead atoms. The minimum atomic E-state index is -3.32. The molecule has 3 nitrogen and oxygen atoms in total. The summed E-state index contributed by atoms with van der Waals surface area (Å²) in [5.74, 6) is -0.646. The Kier molecular flexibility index (Phi) is 5.16. The molecule has 17 heavy (non-hydrogen) atoms. The van der Waals surface area contributed by atoms with Gasteiger partial charge in [0.25, 0.3) is 0 Å². The first kappa shape index (κ1) is 14.7. The normalized spacial score (nSPS) is 13.6. The van der Waals surface area contributed by atoms with E-state index in [0.717, 1.165) is 17.8 Å². The third-order valence-corrected chi connectivity index (χ3v) is 5.49. The molecule has 1 aromatic rings. The van der Waals surface area contributed by atoms with Gasteiger partial charge in [0, 0.05) is 0 Å². The topological polar surface area (TPSA) is 51.2 Å². The van der Waals surface area contributed by atoms with Crippen molar-refractivity contribution < 1.29 is 13.2 Å². The minimum absolute atomic E-state index is 0.0638. The highest BCUT2D eigenvalue weighted by Gasteiger charge is 2.21. The number of carbonyl (C=O) groups excluding carboxylic acids is 1. The van der Waals surface area contributed by atoms with Crippen LogP contribution in [0.1, 0.15) is 29.9 Å². The van der Waals surface area contributed by atoms with Crippen LogP contribution >= 0.6 is 22.9 Å². The Morgan fingerprint density at radius 3 is 2.59 bits per heavy atom. The summed E-state index contributed by atoms with van der Waals surface area (Å²) in [6.45, 7) is 3.80. The lowest BCUT2D eigenvalue weighted by molar-refractivity contribution is 0.102. The van der Waals surface area contributed by atoms with Gasteiger partial charge in [-0.3, -0.25) is 4.79 Å². The van der Waals surface area contributed by atoms with Crippen molar-refractivity contribution in [1.29, 1.82) is 0 Å². The van der Waals surface area contributed by atoms with Gasteiger partial charge < -0.3 is 0 Å². The van der Waals surface area contributed by atoms with Crippen LogP contribution in [0.3, 0.4) is 0 Å². The fourth-order valence-electron chi connectivity index (χ4n) is 1.35. The lowest BCUT2D eigenvalue weighted by Crippen LogP contribution is -2.21. The van der Waals surface area contributed by atoms with E-state index in [4.69, 9.17) is 11.6 Å². The Labute approximate surface area is 111 Å². The lowest BCUT2D eigenvalue weighted by atomic mass is 10.2.